The van der Waals surface area contributed by atoms with E-state index in [2.05, 4.69) is 10.5 Å². The average molecular weight is 211 g/mol. The highest BCUT2D eigenvalue weighted by molar-refractivity contribution is 5.91. The Balaban J connectivity index is 2.66. The molecule has 0 aliphatic heterocycles. The summed E-state index contributed by atoms with van der Waals surface area (Å²) in [7, 11) is 0. The minimum atomic E-state index is -0.271. The van der Waals surface area contributed by atoms with Gasteiger partial charge in [0.2, 0.25) is 5.76 Å². The van der Waals surface area contributed by atoms with Crippen LogP contribution in [0.5, 0.6) is 0 Å². The van der Waals surface area contributed by atoms with E-state index in [4.69, 9.17) is 10.3 Å². The number of nitrogens with zero attached hydrogens (tertiary/aromatic N) is 1. The van der Waals surface area contributed by atoms with Crippen molar-refractivity contribution in [3.63, 3.8) is 0 Å². The van der Waals surface area contributed by atoms with Crippen LogP contribution in [0.1, 0.15) is 42.9 Å². The number of amides is 1. The van der Waals surface area contributed by atoms with Gasteiger partial charge in [0.1, 0.15) is 0 Å². The standard InChI is InChI=1S/C10H17N3O2/c1-6(2)8-4-9(15-13-8)10(14)12-7(3)5-11/h4,6-7H,5,11H2,1-3H3,(H,12,14)/t7-/m0/s1. The minimum Gasteiger partial charge on any atom is -0.351 e. The second-order valence-electron chi connectivity index (χ2n) is 3.88. The fourth-order valence-corrected chi connectivity index (χ4v) is 1.02. The first-order chi connectivity index (χ1) is 7.04. The van der Waals surface area contributed by atoms with Gasteiger partial charge in [-0.3, -0.25) is 4.79 Å². The van der Waals surface area contributed by atoms with Gasteiger partial charge in [0, 0.05) is 18.7 Å². The Labute approximate surface area is 89.0 Å². The van der Waals surface area contributed by atoms with Crippen molar-refractivity contribution in [1.29, 1.82) is 0 Å². The number of nitrogens with one attached hydrogen (secondary N) is 1. The minimum absolute atomic E-state index is 0.0647. The summed E-state index contributed by atoms with van der Waals surface area (Å²) in [6, 6.07) is 1.59. The lowest BCUT2D eigenvalue weighted by molar-refractivity contribution is 0.0904. The van der Waals surface area contributed by atoms with Gasteiger partial charge in [0.15, 0.2) is 0 Å². The van der Waals surface area contributed by atoms with E-state index in [0.717, 1.165) is 5.69 Å². The fourth-order valence-electron chi connectivity index (χ4n) is 1.02. The molecule has 1 rings (SSSR count). The predicted molar refractivity (Wildman–Crippen MR) is 56.6 cm³/mol. The summed E-state index contributed by atoms with van der Waals surface area (Å²) in [6.07, 6.45) is 0. The summed E-state index contributed by atoms with van der Waals surface area (Å²) >= 11 is 0. The molecule has 0 unspecified atom stereocenters. The number of hydrogen-bond acceptors (Lipinski definition) is 4. The van der Waals surface area contributed by atoms with Crippen LogP contribution in [0.15, 0.2) is 10.6 Å². The normalized spacial score (nSPS) is 12.9. The maximum absolute atomic E-state index is 11.5. The van der Waals surface area contributed by atoms with Crippen LogP contribution in [-0.4, -0.2) is 23.7 Å². The van der Waals surface area contributed by atoms with Gasteiger partial charge in [0.05, 0.1) is 5.69 Å². The summed E-state index contributed by atoms with van der Waals surface area (Å²) < 4.78 is 4.93. The predicted octanol–water partition coefficient (Wildman–Crippen LogP) is 0.875. The van der Waals surface area contributed by atoms with Crippen LogP contribution < -0.4 is 11.1 Å². The molecule has 1 amide bonds. The molecule has 0 aliphatic rings. The zero-order valence-corrected chi connectivity index (χ0v) is 9.28. The van der Waals surface area contributed by atoms with Gasteiger partial charge in [-0.05, 0) is 12.8 Å². The average Bonchev–Trinajstić information content (AvgIpc) is 2.66. The number of rotatable bonds is 4. The van der Waals surface area contributed by atoms with Gasteiger partial charge in [-0.25, -0.2) is 0 Å². The van der Waals surface area contributed by atoms with Crippen molar-refractivity contribution in [2.75, 3.05) is 6.54 Å². The summed E-state index contributed by atoms with van der Waals surface area (Å²) in [6.45, 7) is 6.21. The highest BCUT2D eigenvalue weighted by Crippen LogP contribution is 2.13. The number of nitrogens with two attached hydrogens (primary N) is 1. The maximum atomic E-state index is 11.5. The van der Waals surface area contributed by atoms with Gasteiger partial charge >= 0.3 is 0 Å². The Morgan fingerprint density at radius 2 is 2.27 bits per heavy atom. The number of aromatic nitrogens is 1. The topological polar surface area (TPSA) is 81.2 Å². The SMILES string of the molecule is CC(C)c1cc(C(=O)N[C@@H](C)CN)on1. The molecule has 15 heavy (non-hydrogen) atoms. The molecule has 1 atom stereocenters. The fraction of sp³-hybridized carbons (Fsp3) is 0.600. The van der Waals surface area contributed by atoms with E-state index in [0.29, 0.717) is 6.54 Å². The lowest BCUT2D eigenvalue weighted by Crippen LogP contribution is -2.37. The molecule has 1 heterocycles. The van der Waals surface area contributed by atoms with Crippen molar-refractivity contribution in [2.45, 2.75) is 32.7 Å². The van der Waals surface area contributed by atoms with Gasteiger partial charge in [0.25, 0.3) is 5.91 Å². The molecule has 0 radical (unpaired) electrons. The lowest BCUT2D eigenvalue weighted by Gasteiger charge is -2.08. The maximum Gasteiger partial charge on any atom is 0.290 e. The molecule has 84 valence electrons. The molecule has 0 saturated heterocycles. The van der Waals surface area contributed by atoms with Gasteiger partial charge in [-0.2, -0.15) is 0 Å². The molecule has 0 spiro atoms. The monoisotopic (exact) mass is 211 g/mol. The van der Waals surface area contributed by atoms with E-state index >= 15 is 0 Å². The third-order valence-electron chi connectivity index (χ3n) is 2.07. The number of hydrogen-bond donors (Lipinski definition) is 2. The van der Waals surface area contributed by atoms with Gasteiger partial charge in [-0.15, -0.1) is 0 Å². The summed E-state index contributed by atoms with van der Waals surface area (Å²) in [5.74, 6) is 0.216. The summed E-state index contributed by atoms with van der Waals surface area (Å²) in [5.41, 5.74) is 6.17. The molecule has 5 nitrogen and oxygen atoms in total. The van der Waals surface area contributed by atoms with Crippen LogP contribution in [0.2, 0.25) is 0 Å². The van der Waals surface area contributed by atoms with Crippen LogP contribution >= 0.6 is 0 Å². The van der Waals surface area contributed by atoms with Crippen molar-refractivity contribution < 1.29 is 9.32 Å². The molecule has 0 saturated carbocycles. The highest BCUT2D eigenvalue weighted by atomic mass is 16.5. The van der Waals surface area contributed by atoms with Gasteiger partial charge in [-0.1, -0.05) is 19.0 Å². The Kier molecular flexibility index (Phi) is 3.85. The molecule has 0 aromatic carbocycles. The second-order valence-corrected chi connectivity index (χ2v) is 3.88. The largest absolute Gasteiger partial charge is 0.351 e. The zero-order valence-electron chi connectivity index (χ0n) is 9.28. The molecule has 0 bridgehead atoms. The van der Waals surface area contributed by atoms with E-state index in [9.17, 15) is 4.79 Å². The van der Waals surface area contributed by atoms with Crippen molar-refractivity contribution in [3.8, 4) is 0 Å². The van der Waals surface area contributed by atoms with Crippen LogP contribution in [0.4, 0.5) is 0 Å². The van der Waals surface area contributed by atoms with Crippen LogP contribution in [0, 0.1) is 0 Å². The molecule has 1 aromatic rings. The first-order valence-electron chi connectivity index (χ1n) is 5.02. The number of carbonyl (C=O) groups is 1. The van der Waals surface area contributed by atoms with E-state index in [-0.39, 0.29) is 23.6 Å². The van der Waals surface area contributed by atoms with Crippen molar-refractivity contribution in [1.82, 2.24) is 10.5 Å². The van der Waals surface area contributed by atoms with E-state index in [1.165, 1.54) is 0 Å². The van der Waals surface area contributed by atoms with E-state index < -0.39 is 0 Å². The highest BCUT2D eigenvalue weighted by Gasteiger charge is 2.15. The number of carbonyl (C=O) groups excluding carboxylic acids is 1. The van der Waals surface area contributed by atoms with Crippen molar-refractivity contribution in [3.05, 3.63) is 17.5 Å². The van der Waals surface area contributed by atoms with E-state index in [1.54, 1.807) is 6.07 Å². The van der Waals surface area contributed by atoms with E-state index in [1.807, 2.05) is 20.8 Å². The van der Waals surface area contributed by atoms with Crippen LogP contribution in [0.3, 0.4) is 0 Å². The molecule has 0 aliphatic carbocycles. The molecular weight excluding hydrogens is 194 g/mol. The summed E-state index contributed by atoms with van der Waals surface area (Å²) in [4.78, 5) is 11.5. The Morgan fingerprint density at radius 1 is 1.60 bits per heavy atom. The quantitative estimate of drug-likeness (QED) is 0.774. The van der Waals surface area contributed by atoms with Crippen LogP contribution in [-0.2, 0) is 0 Å². The Hall–Kier alpha value is -1.36. The lowest BCUT2D eigenvalue weighted by atomic mass is 10.1. The smallest absolute Gasteiger partial charge is 0.290 e. The third-order valence-corrected chi connectivity index (χ3v) is 2.07. The first kappa shape index (κ1) is 11.7. The second kappa shape index (κ2) is 4.93. The summed E-state index contributed by atoms with van der Waals surface area (Å²) in [5, 5.41) is 6.50. The molecule has 1 aromatic heterocycles. The van der Waals surface area contributed by atoms with Crippen molar-refractivity contribution >= 4 is 5.91 Å². The molecular formula is C10H17N3O2. The van der Waals surface area contributed by atoms with Gasteiger partial charge < -0.3 is 15.6 Å². The van der Waals surface area contributed by atoms with Crippen LogP contribution in [0.25, 0.3) is 0 Å². The third kappa shape index (κ3) is 3.06. The Morgan fingerprint density at radius 3 is 2.73 bits per heavy atom. The zero-order chi connectivity index (χ0) is 11.4. The van der Waals surface area contributed by atoms with Crippen molar-refractivity contribution in [2.24, 2.45) is 5.73 Å². The molecule has 5 heteroatoms. The Bertz CT molecular complexity index is 333. The first-order valence-corrected chi connectivity index (χ1v) is 5.02. The molecule has 3 N–H and O–H groups in total. The molecule has 0 fully saturated rings.